The molecule has 1 unspecified atom stereocenters. The van der Waals surface area contributed by atoms with Crippen molar-refractivity contribution in [2.24, 2.45) is 0 Å². The number of aromatic nitrogens is 2. The highest BCUT2D eigenvalue weighted by atomic mass is 35.5. The predicted molar refractivity (Wildman–Crippen MR) is 92.9 cm³/mol. The van der Waals surface area contributed by atoms with Gasteiger partial charge in [-0.2, -0.15) is 4.98 Å². The summed E-state index contributed by atoms with van der Waals surface area (Å²) in [5.41, 5.74) is 0. The van der Waals surface area contributed by atoms with Crippen molar-refractivity contribution in [2.75, 3.05) is 25.2 Å². The third kappa shape index (κ3) is 3.60. The highest BCUT2D eigenvalue weighted by Gasteiger charge is 2.34. The normalized spacial score (nSPS) is 32.6. The van der Waals surface area contributed by atoms with Crippen molar-refractivity contribution < 1.29 is 9.47 Å². The SMILES string of the molecule is CN(c1nc(Cl)cc(OC2CCOC2)n1)[C@@H]1C[C@H]2CCC[C@@H](C1)N2. The summed E-state index contributed by atoms with van der Waals surface area (Å²) >= 11 is 6.21. The Hall–Kier alpha value is -1.11. The first-order valence-corrected chi connectivity index (χ1v) is 9.33. The number of fused-ring (bicyclic) bond motifs is 2. The Morgan fingerprint density at radius 3 is 2.75 bits per heavy atom. The van der Waals surface area contributed by atoms with E-state index in [-0.39, 0.29) is 6.10 Å². The van der Waals surface area contributed by atoms with Gasteiger partial charge in [-0.15, -0.1) is 0 Å². The molecular formula is C17H25ClN4O2. The van der Waals surface area contributed by atoms with Crippen LogP contribution in [0.15, 0.2) is 6.07 Å². The van der Waals surface area contributed by atoms with Gasteiger partial charge in [0.05, 0.1) is 13.2 Å². The van der Waals surface area contributed by atoms with Gasteiger partial charge in [0.2, 0.25) is 11.8 Å². The van der Waals surface area contributed by atoms with E-state index in [4.69, 9.17) is 21.1 Å². The van der Waals surface area contributed by atoms with Crippen LogP contribution in [0.4, 0.5) is 5.95 Å². The molecule has 4 rings (SSSR count). The molecule has 0 spiro atoms. The average molecular weight is 353 g/mol. The summed E-state index contributed by atoms with van der Waals surface area (Å²) in [5, 5.41) is 4.15. The third-order valence-electron chi connectivity index (χ3n) is 5.39. The Labute approximate surface area is 147 Å². The van der Waals surface area contributed by atoms with Gasteiger partial charge in [-0.3, -0.25) is 0 Å². The highest BCUT2D eigenvalue weighted by Crippen LogP contribution is 2.30. The minimum Gasteiger partial charge on any atom is -0.472 e. The molecule has 132 valence electrons. The molecule has 1 aromatic rings. The monoisotopic (exact) mass is 352 g/mol. The first-order valence-electron chi connectivity index (χ1n) is 8.95. The lowest BCUT2D eigenvalue weighted by molar-refractivity contribution is 0.138. The van der Waals surface area contributed by atoms with E-state index < -0.39 is 0 Å². The number of nitrogens with one attached hydrogen (secondary N) is 1. The largest absolute Gasteiger partial charge is 0.472 e. The molecule has 24 heavy (non-hydrogen) atoms. The van der Waals surface area contributed by atoms with E-state index in [2.05, 4.69) is 27.2 Å². The molecule has 3 aliphatic heterocycles. The minimum absolute atomic E-state index is 0.0624. The van der Waals surface area contributed by atoms with Crippen molar-refractivity contribution >= 4 is 17.5 Å². The number of piperidine rings is 2. The van der Waals surface area contributed by atoms with Crippen LogP contribution in [0, 0.1) is 0 Å². The third-order valence-corrected chi connectivity index (χ3v) is 5.58. The lowest BCUT2D eigenvalue weighted by Gasteiger charge is -2.43. The Morgan fingerprint density at radius 1 is 1.25 bits per heavy atom. The van der Waals surface area contributed by atoms with Crippen molar-refractivity contribution in [3.05, 3.63) is 11.2 Å². The first kappa shape index (κ1) is 16.4. The molecule has 3 saturated heterocycles. The van der Waals surface area contributed by atoms with Crippen LogP contribution >= 0.6 is 11.6 Å². The van der Waals surface area contributed by atoms with E-state index in [1.165, 1.54) is 19.3 Å². The number of rotatable bonds is 4. The number of hydrogen-bond donors (Lipinski definition) is 1. The van der Waals surface area contributed by atoms with Crippen LogP contribution in [0.1, 0.15) is 38.5 Å². The lowest BCUT2D eigenvalue weighted by atomic mass is 9.83. The van der Waals surface area contributed by atoms with E-state index in [0.29, 0.717) is 41.7 Å². The number of ether oxygens (including phenoxy) is 2. The zero-order valence-electron chi connectivity index (χ0n) is 14.1. The number of anilines is 1. The smallest absolute Gasteiger partial charge is 0.230 e. The van der Waals surface area contributed by atoms with Crippen LogP contribution < -0.4 is 15.0 Å². The molecule has 0 saturated carbocycles. The van der Waals surface area contributed by atoms with E-state index in [0.717, 1.165) is 25.9 Å². The van der Waals surface area contributed by atoms with E-state index >= 15 is 0 Å². The summed E-state index contributed by atoms with van der Waals surface area (Å²) in [5.74, 6) is 1.20. The van der Waals surface area contributed by atoms with Gasteiger partial charge in [-0.25, -0.2) is 4.98 Å². The molecule has 3 aliphatic rings. The maximum atomic E-state index is 6.21. The molecule has 7 heteroatoms. The topological polar surface area (TPSA) is 59.5 Å². The van der Waals surface area contributed by atoms with Crippen LogP contribution in [0.2, 0.25) is 5.15 Å². The zero-order valence-corrected chi connectivity index (χ0v) is 14.8. The fourth-order valence-corrected chi connectivity index (χ4v) is 4.26. The Bertz CT molecular complexity index is 570. The predicted octanol–water partition coefficient (Wildman–Crippen LogP) is 2.41. The Balaban J connectivity index is 1.48. The van der Waals surface area contributed by atoms with Crippen molar-refractivity contribution in [1.82, 2.24) is 15.3 Å². The summed E-state index contributed by atoms with van der Waals surface area (Å²) in [6.45, 7) is 1.36. The Morgan fingerprint density at radius 2 is 2.04 bits per heavy atom. The highest BCUT2D eigenvalue weighted by molar-refractivity contribution is 6.29. The zero-order chi connectivity index (χ0) is 16.5. The molecule has 3 fully saturated rings. The molecule has 0 aromatic carbocycles. The molecule has 6 nitrogen and oxygen atoms in total. The van der Waals surface area contributed by atoms with Crippen molar-refractivity contribution in [2.45, 2.75) is 62.8 Å². The molecular weight excluding hydrogens is 328 g/mol. The van der Waals surface area contributed by atoms with Crippen LogP contribution in [0.3, 0.4) is 0 Å². The van der Waals surface area contributed by atoms with Crippen molar-refractivity contribution in [3.8, 4) is 5.88 Å². The summed E-state index contributed by atoms with van der Waals surface area (Å²) in [6, 6.07) is 3.38. The molecule has 1 N–H and O–H groups in total. The molecule has 4 heterocycles. The summed E-state index contributed by atoms with van der Waals surface area (Å²) in [4.78, 5) is 11.2. The molecule has 0 aliphatic carbocycles. The van der Waals surface area contributed by atoms with Crippen LogP contribution in [0.5, 0.6) is 5.88 Å². The van der Waals surface area contributed by atoms with Crippen LogP contribution in [-0.2, 0) is 4.74 Å². The molecule has 0 amide bonds. The molecule has 1 aromatic heterocycles. The summed E-state index contributed by atoms with van der Waals surface area (Å²) in [7, 11) is 2.07. The maximum absolute atomic E-state index is 6.21. The van der Waals surface area contributed by atoms with Gasteiger partial charge < -0.3 is 19.7 Å². The first-order chi connectivity index (χ1) is 11.7. The van der Waals surface area contributed by atoms with E-state index in [1.54, 1.807) is 6.07 Å². The second kappa shape index (κ2) is 7.02. The van der Waals surface area contributed by atoms with Gasteiger partial charge in [-0.1, -0.05) is 18.0 Å². The maximum Gasteiger partial charge on any atom is 0.230 e. The van der Waals surface area contributed by atoms with Gasteiger partial charge in [0.1, 0.15) is 11.3 Å². The fraction of sp³-hybridized carbons (Fsp3) is 0.765. The summed E-state index contributed by atoms with van der Waals surface area (Å²) < 4.78 is 11.3. The van der Waals surface area contributed by atoms with Gasteiger partial charge in [0.15, 0.2) is 0 Å². The molecule has 0 radical (unpaired) electrons. The fourth-order valence-electron chi connectivity index (χ4n) is 4.10. The number of nitrogens with zero attached hydrogens (tertiary/aromatic N) is 3. The van der Waals surface area contributed by atoms with Crippen molar-refractivity contribution in [3.63, 3.8) is 0 Å². The van der Waals surface area contributed by atoms with Gasteiger partial charge in [-0.05, 0) is 25.7 Å². The van der Waals surface area contributed by atoms with Gasteiger partial charge >= 0.3 is 0 Å². The van der Waals surface area contributed by atoms with E-state index in [1.807, 2.05) is 0 Å². The number of halogens is 1. The molecule has 4 atom stereocenters. The second-order valence-corrected chi connectivity index (χ2v) is 7.55. The van der Waals surface area contributed by atoms with Gasteiger partial charge in [0, 0.05) is 37.7 Å². The van der Waals surface area contributed by atoms with Crippen molar-refractivity contribution in [1.29, 1.82) is 0 Å². The second-order valence-electron chi connectivity index (χ2n) is 7.16. The lowest BCUT2D eigenvalue weighted by Crippen LogP contribution is -2.54. The Kier molecular flexibility index (Phi) is 4.79. The molecule has 2 bridgehead atoms. The number of hydrogen-bond acceptors (Lipinski definition) is 6. The minimum atomic E-state index is 0.0624. The van der Waals surface area contributed by atoms with E-state index in [9.17, 15) is 0 Å². The van der Waals surface area contributed by atoms with Gasteiger partial charge in [0.25, 0.3) is 0 Å². The average Bonchev–Trinajstić information content (AvgIpc) is 3.06. The van der Waals surface area contributed by atoms with Crippen LogP contribution in [0.25, 0.3) is 0 Å². The summed E-state index contributed by atoms with van der Waals surface area (Å²) in [6.07, 6.45) is 7.11. The quantitative estimate of drug-likeness (QED) is 0.840. The standard InChI is InChI=1S/C17H25ClN4O2/c1-22(13-7-11-3-2-4-12(8-13)19-11)17-20-15(18)9-16(21-17)24-14-5-6-23-10-14/h9,11-14,19H,2-8,10H2,1H3/t11-,12+,13-,14?. The van der Waals surface area contributed by atoms with Crippen LogP contribution in [-0.4, -0.2) is 54.5 Å².